The fraction of sp³-hybridized carbons (Fsp3) is 0.370. The maximum Gasteiger partial charge on any atom is 0.340 e. The number of anilines is 1. The summed E-state index contributed by atoms with van der Waals surface area (Å²) in [6, 6.07) is 14.6. The molecule has 1 heterocycles. The number of carbonyl (C=O) groups excluding carboxylic acids is 1. The zero-order valence-electron chi connectivity index (χ0n) is 19.2. The van der Waals surface area contributed by atoms with E-state index in [4.69, 9.17) is 4.74 Å². The molecule has 2 aliphatic rings. The Labute approximate surface area is 185 Å². The molecule has 1 aliphatic carbocycles. The van der Waals surface area contributed by atoms with Crippen molar-refractivity contribution in [2.75, 3.05) is 18.9 Å². The smallest absolute Gasteiger partial charge is 0.340 e. The van der Waals surface area contributed by atoms with Crippen molar-refractivity contribution < 1.29 is 9.53 Å². The standard InChI is InChI=1S/C27H32N2O2/c1-18-10-14-24(23(16-18)26(30)31-27(2,3)4)28-20-13-15-25(29(5)17-20)22-9-7-6-8-21(22)19-11-12-19/h6-10,13-16,19,28H,11-12,17H2,1-5H3. The van der Waals surface area contributed by atoms with Crippen LogP contribution in [0, 0.1) is 6.92 Å². The van der Waals surface area contributed by atoms with Crippen molar-refractivity contribution >= 4 is 17.4 Å². The van der Waals surface area contributed by atoms with Gasteiger partial charge in [-0.05, 0) is 76.3 Å². The van der Waals surface area contributed by atoms with E-state index in [1.54, 1.807) is 0 Å². The van der Waals surface area contributed by atoms with E-state index in [0.29, 0.717) is 11.5 Å². The van der Waals surface area contributed by atoms with Gasteiger partial charge in [-0.25, -0.2) is 4.79 Å². The number of carbonyl (C=O) groups is 1. The first kappa shape index (κ1) is 21.2. The maximum atomic E-state index is 12.8. The van der Waals surface area contributed by atoms with Crippen molar-refractivity contribution in [2.45, 2.75) is 52.1 Å². The normalized spacial score (nSPS) is 16.5. The quantitative estimate of drug-likeness (QED) is 0.597. The molecular formula is C27H32N2O2. The molecule has 4 heteroatoms. The minimum atomic E-state index is -0.533. The lowest BCUT2D eigenvalue weighted by Gasteiger charge is -2.29. The van der Waals surface area contributed by atoms with Gasteiger partial charge in [-0.3, -0.25) is 0 Å². The molecule has 1 saturated carbocycles. The Kier molecular flexibility index (Phi) is 5.65. The van der Waals surface area contributed by atoms with Crippen LogP contribution in [0.1, 0.15) is 66.6 Å². The number of hydrogen-bond donors (Lipinski definition) is 1. The summed E-state index contributed by atoms with van der Waals surface area (Å²) in [5.41, 5.74) is 6.90. The number of allylic oxidation sites excluding steroid dienone is 2. The van der Waals surface area contributed by atoms with Gasteiger partial charge in [0.2, 0.25) is 0 Å². The fourth-order valence-corrected chi connectivity index (χ4v) is 4.00. The Morgan fingerprint density at radius 2 is 1.84 bits per heavy atom. The third kappa shape index (κ3) is 5.01. The molecule has 31 heavy (non-hydrogen) atoms. The van der Waals surface area contributed by atoms with Crippen molar-refractivity contribution in [1.82, 2.24) is 4.90 Å². The van der Waals surface area contributed by atoms with Crippen LogP contribution in [0.25, 0.3) is 5.70 Å². The topological polar surface area (TPSA) is 41.6 Å². The first-order chi connectivity index (χ1) is 14.7. The Hall–Kier alpha value is -3.01. The third-order valence-corrected chi connectivity index (χ3v) is 5.60. The Balaban J connectivity index is 1.60. The number of likely N-dealkylation sites (N-methyl/N-ethyl adjacent to an activating group) is 1. The van der Waals surface area contributed by atoms with Crippen molar-refractivity contribution in [3.63, 3.8) is 0 Å². The molecule has 0 atom stereocenters. The minimum Gasteiger partial charge on any atom is -0.456 e. The average molecular weight is 417 g/mol. The number of hydrogen-bond acceptors (Lipinski definition) is 4. The van der Waals surface area contributed by atoms with E-state index in [0.717, 1.165) is 23.5 Å². The Morgan fingerprint density at radius 3 is 2.52 bits per heavy atom. The number of ether oxygens (including phenoxy) is 1. The van der Waals surface area contributed by atoms with Crippen molar-refractivity contribution in [3.8, 4) is 0 Å². The molecule has 1 N–H and O–H groups in total. The zero-order chi connectivity index (χ0) is 22.2. The van der Waals surface area contributed by atoms with Crippen molar-refractivity contribution in [2.24, 2.45) is 0 Å². The molecule has 1 aliphatic heterocycles. The Bertz CT molecular complexity index is 1060. The summed E-state index contributed by atoms with van der Waals surface area (Å²) in [5.74, 6) is 0.399. The second-order valence-electron chi connectivity index (χ2n) is 9.64. The van der Waals surface area contributed by atoms with Crippen molar-refractivity contribution in [1.29, 1.82) is 0 Å². The van der Waals surface area contributed by atoms with Crippen LogP contribution in [0.4, 0.5) is 5.69 Å². The first-order valence-electron chi connectivity index (χ1n) is 11.0. The van der Waals surface area contributed by atoms with Crippen LogP contribution in [-0.2, 0) is 4.74 Å². The Morgan fingerprint density at radius 1 is 1.10 bits per heavy atom. The van der Waals surface area contributed by atoms with Crippen LogP contribution in [0.3, 0.4) is 0 Å². The zero-order valence-corrected chi connectivity index (χ0v) is 19.2. The molecule has 0 amide bonds. The lowest BCUT2D eigenvalue weighted by Crippen LogP contribution is -2.27. The summed E-state index contributed by atoms with van der Waals surface area (Å²) in [4.78, 5) is 15.0. The molecule has 0 radical (unpaired) electrons. The van der Waals surface area contributed by atoms with Gasteiger partial charge in [0.25, 0.3) is 0 Å². The van der Waals surface area contributed by atoms with Gasteiger partial charge in [0.15, 0.2) is 0 Å². The summed E-state index contributed by atoms with van der Waals surface area (Å²) in [7, 11) is 2.12. The van der Waals surface area contributed by atoms with Gasteiger partial charge in [-0.15, -0.1) is 0 Å². The number of aryl methyl sites for hydroxylation is 1. The molecule has 162 valence electrons. The molecule has 2 aromatic rings. The lowest BCUT2D eigenvalue weighted by molar-refractivity contribution is 0.00706. The number of rotatable bonds is 5. The number of nitrogens with zero attached hydrogens (tertiary/aromatic N) is 1. The van der Waals surface area contributed by atoms with Gasteiger partial charge in [-0.2, -0.15) is 0 Å². The van der Waals surface area contributed by atoms with Crippen molar-refractivity contribution in [3.05, 3.63) is 82.6 Å². The van der Waals surface area contributed by atoms with E-state index < -0.39 is 5.60 Å². The van der Waals surface area contributed by atoms with Gasteiger partial charge in [0.1, 0.15) is 5.60 Å². The molecule has 0 spiro atoms. The molecule has 4 rings (SSSR count). The van der Waals surface area contributed by atoms with E-state index in [9.17, 15) is 4.79 Å². The summed E-state index contributed by atoms with van der Waals surface area (Å²) < 4.78 is 5.63. The SMILES string of the molecule is Cc1ccc(NC2=CC=C(c3ccccc3C3CC3)N(C)C2)c(C(=O)OC(C)(C)C)c1. The largest absolute Gasteiger partial charge is 0.456 e. The van der Waals surface area contributed by atoms with Gasteiger partial charge >= 0.3 is 5.97 Å². The highest BCUT2D eigenvalue weighted by atomic mass is 16.6. The van der Waals surface area contributed by atoms with E-state index in [2.05, 4.69) is 53.7 Å². The molecule has 0 bridgehead atoms. The summed E-state index contributed by atoms with van der Waals surface area (Å²) in [6.45, 7) is 8.39. The van der Waals surface area contributed by atoms with E-state index in [1.807, 2.05) is 45.9 Å². The fourth-order valence-electron chi connectivity index (χ4n) is 4.00. The second kappa shape index (κ2) is 8.26. The predicted molar refractivity (Wildman–Crippen MR) is 127 cm³/mol. The van der Waals surface area contributed by atoms with Crippen LogP contribution in [0.5, 0.6) is 0 Å². The number of nitrogens with one attached hydrogen (secondary N) is 1. The highest BCUT2D eigenvalue weighted by molar-refractivity contribution is 5.96. The monoisotopic (exact) mass is 416 g/mol. The molecule has 1 fully saturated rings. The summed E-state index contributed by atoms with van der Waals surface area (Å²) in [6.07, 6.45) is 6.88. The van der Waals surface area contributed by atoms with Crippen LogP contribution < -0.4 is 5.32 Å². The van der Waals surface area contributed by atoms with Crippen LogP contribution in [-0.4, -0.2) is 30.1 Å². The maximum absolute atomic E-state index is 12.8. The molecule has 4 nitrogen and oxygen atoms in total. The van der Waals surface area contributed by atoms with Crippen LogP contribution in [0.15, 0.2) is 60.3 Å². The van der Waals surface area contributed by atoms with Gasteiger partial charge in [-0.1, -0.05) is 35.9 Å². The first-order valence-corrected chi connectivity index (χ1v) is 11.0. The minimum absolute atomic E-state index is 0.307. The van der Waals surface area contributed by atoms with Gasteiger partial charge < -0.3 is 15.0 Å². The molecule has 0 saturated heterocycles. The average Bonchev–Trinajstić information content (AvgIpc) is 3.53. The molecule has 0 aromatic heterocycles. The lowest BCUT2D eigenvalue weighted by atomic mass is 9.98. The van der Waals surface area contributed by atoms with E-state index >= 15 is 0 Å². The number of benzene rings is 2. The summed E-state index contributed by atoms with van der Waals surface area (Å²) in [5, 5.41) is 3.47. The highest BCUT2D eigenvalue weighted by Crippen LogP contribution is 2.43. The summed E-state index contributed by atoms with van der Waals surface area (Å²) >= 11 is 0. The van der Waals surface area contributed by atoms with E-state index in [-0.39, 0.29) is 5.97 Å². The second-order valence-corrected chi connectivity index (χ2v) is 9.64. The van der Waals surface area contributed by atoms with Gasteiger partial charge in [0, 0.05) is 24.0 Å². The highest BCUT2D eigenvalue weighted by Gasteiger charge is 2.28. The van der Waals surface area contributed by atoms with Crippen LogP contribution >= 0.6 is 0 Å². The molecular weight excluding hydrogens is 384 g/mol. The molecule has 2 aromatic carbocycles. The number of esters is 1. The molecule has 0 unspecified atom stereocenters. The van der Waals surface area contributed by atoms with E-state index in [1.165, 1.54) is 29.7 Å². The van der Waals surface area contributed by atoms with Crippen LogP contribution in [0.2, 0.25) is 0 Å². The predicted octanol–water partition coefficient (Wildman–Crippen LogP) is 6.11. The van der Waals surface area contributed by atoms with Gasteiger partial charge in [0.05, 0.1) is 17.8 Å². The third-order valence-electron chi connectivity index (χ3n) is 5.60.